The van der Waals surface area contributed by atoms with Gasteiger partial charge in [0.15, 0.2) is 11.2 Å². The van der Waals surface area contributed by atoms with E-state index in [1.807, 2.05) is 0 Å². The van der Waals surface area contributed by atoms with Gasteiger partial charge in [0, 0.05) is 20.6 Å². The van der Waals surface area contributed by atoms with E-state index in [2.05, 4.69) is 17.1 Å². The van der Waals surface area contributed by atoms with E-state index in [1.54, 1.807) is 25.0 Å². The van der Waals surface area contributed by atoms with Gasteiger partial charge in [0.1, 0.15) is 0 Å². The molecule has 8 nitrogen and oxygen atoms in total. The second kappa shape index (κ2) is 16.4. The Balaban J connectivity index is 1.53. The van der Waals surface area contributed by atoms with Gasteiger partial charge in [-0.2, -0.15) is 4.91 Å². The summed E-state index contributed by atoms with van der Waals surface area (Å²) in [6.07, 6.45) is 21.2. The molecule has 198 valence electrons. The summed E-state index contributed by atoms with van der Waals surface area (Å²) >= 11 is 0. The van der Waals surface area contributed by atoms with Crippen LogP contribution in [-0.2, 0) is 20.6 Å². The summed E-state index contributed by atoms with van der Waals surface area (Å²) in [7, 11) is 3.43. The van der Waals surface area contributed by atoms with Gasteiger partial charge in [-0.1, -0.05) is 102 Å². The Morgan fingerprint density at radius 2 is 1.31 bits per heavy atom. The highest BCUT2D eigenvalue weighted by molar-refractivity contribution is 5.69. The van der Waals surface area contributed by atoms with E-state index in [4.69, 9.17) is 0 Å². The van der Waals surface area contributed by atoms with Crippen LogP contribution in [0.15, 0.2) is 21.1 Å². The average Bonchev–Trinajstić information content (AvgIpc) is 3.25. The summed E-state index contributed by atoms with van der Waals surface area (Å²) in [6, 6.07) is -0.00668. The van der Waals surface area contributed by atoms with Gasteiger partial charge >= 0.3 is 5.69 Å². The Labute approximate surface area is 210 Å². The molecule has 8 heteroatoms. The fraction of sp³-hybridized carbons (Fsp3) is 0.815. The van der Waals surface area contributed by atoms with Crippen molar-refractivity contribution in [2.75, 3.05) is 0 Å². The van der Waals surface area contributed by atoms with Crippen molar-refractivity contribution in [2.24, 2.45) is 19.3 Å². The van der Waals surface area contributed by atoms with Crippen LogP contribution in [0.3, 0.4) is 0 Å². The quantitative estimate of drug-likeness (QED) is 0.163. The number of nitroso groups, excluding NO2 is 1. The highest BCUT2D eigenvalue weighted by Gasteiger charge is 2.14. The van der Waals surface area contributed by atoms with Crippen molar-refractivity contribution in [1.82, 2.24) is 18.7 Å². The maximum atomic E-state index is 12.7. The third-order valence-electron chi connectivity index (χ3n) is 7.16. The topological polar surface area (TPSA) is 91.2 Å². The van der Waals surface area contributed by atoms with Gasteiger partial charge in [-0.05, 0) is 19.3 Å². The first kappa shape index (κ1) is 29.0. The van der Waals surface area contributed by atoms with Crippen molar-refractivity contribution in [3.63, 3.8) is 0 Å². The van der Waals surface area contributed by atoms with Crippen LogP contribution >= 0.6 is 0 Å². The molecule has 0 aliphatic heterocycles. The van der Waals surface area contributed by atoms with Crippen LogP contribution in [0.2, 0.25) is 0 Å². The summed E-state index contributed by atoms with van der Waals surface area (Å²) in [5, 5.41) is 3.36. The molecule has 0 bridgehead atoms. The number of imidazole rings is 1. The Morgan fingerprint density at radius 3 is 1.86 bits per heavy atom. The maximum Gasteiger partial charge on any atom is 0.332 e. The molecule has 0 amide bonds. The molecule has 2 heterocycles. The number of fused-ring (bicyclic) bond motifs is 1. The SMILES string of the molecule is CCCCCCCCCCC(CCCCCCCCCn1c(=O)c2c(ncn2C)n(C)c1=O)N=O. The van der Waals surface area contributed by atoms with E-state index in [0.29, 0.717) is 17.7 Å². The first-order valence-corrected chi connectivity index (χ1v) is 13.9. The average molecular weight is 490 g/mol. The molecule has 35 heavy (non-hydrogen) atoms. The van der Waals surface area contributed by atoms with Crippen molar-refractivity contribution in [2.45, 2.75) is 129 Å². The normalized spacial score (nSPS) is 12.4. The molecule has 0 aromatic carbocycles. The molecule has 2 aromatic heterocycles. The van der Waals surface area contributed by atoms with Crippen LogP contribution in [0.25, 0.3) is 11.2 Å². The van der Waals surface area contributed by atoms with Crippen molar-refractivity contribution in [3.8, 4) is 0 Å². The minimum Gasteiger partial charge on any atom is -0.328 e. The molecule has 0 saturated carbocycles. The predicted molar refractivity (Wildman–Crippen MR) is 144 cm³/mol. The minimum atomic E-state index is -0.300. The predicted octanol–water partition coefficient (Wildman–Crippen LogP) is 6.22. The highest BCUT2D eigenvalue weighted by atomic mass is 16.3. The molecule has 0 aliphatic rings. The van der Waals surface area contributed by atoms with Gasteiger partial charge in [0.05, 0.1) is 12.4 Å². The monoisotopic (exact) mass is 489 g/mol. The van der Waals surface area contributed by atoms with Gasteiger partial charge in [0.25, 0.3) is 5.56 Å². The Bertz CT molecular complexity index is 991. The van der Waals surface area contributed by atoms with Gasteiger partial charge in [0.2, 0.25) is 0 Å². The third kappa shape index (κ3) is 9.37. The molecular weight excluding hydrogens is 442 g/mol. The summed E-state index contributed by atoms with van der Waals surface area (Å²) in [4.78, 5) is 40.5. The fourth-order valence-electron chi connectivity index (χ4n) is 4.89. The van der Waals surface area contributed by atoms with E-state index in [0.717, 1.165) is 64.2 Å². The lowest BCUT2D eigenvalue weighted by molar-refractivity contribution is 0.476. The number of unbranched alkanes of at least 4 members (excludes halogenated alkanes) is 13. The van der Waals surface area contributed by atoms with Crippen LogP contribution in [0.4, 0.5) is 0 Å². The lowest BCUT2D eigenvalue weighted by Crippen LogP contribution is -2.39. The van der Waals surface area contributed by atoms with Gasteiger partial charge in [-0.3, -0.25) is 13.9 Å². The Hall–Kier alpha value is -2.25. The zero-order valence-corrected chi connectivity index (χ0v) is 22.3. The van der Waals surface area contributed by atoms with Crippen LogP contribution < -0.4 is 11.2 Å². The Morgan fingerprint density at radius 1 is 0.800 bits per heavy atom. The van der Waals surface area contributed by atoms with Gasteiger partial charge in [-0.15, -0.1) is 0 Å². The summed E-state index contributed by atoms with van der Waals surface area (Å²) in [5.74, 6) is 0. The molecule has 0 radical (unpaired) electrons. The number of rotatable bonds is 20. The largest absolute Gasteiger partial charge is 0.332 e. The molecular formula is C27H47N5O3. The van der Waals surface area contributed by atoms with Crippen molar-refractivity contribution < 1.29 is 0 Å². The summed E-state index contributed by atoms with van der Waals surface area (Å²) in [6.45, 7) is 2.69. The summed E-state index contributed by atoms with van der Waals surface area (Å²) in [5.41, 5.74) is 0.348. The Kier molecular flexibility index (Phi) is 13.6. The smallest absolute Gasteiger partial charge is 0.328 e. The van der Waals surface area contributed by atoms with E-state index in [-0.39, 0.29) is 17.3 Å². The second-order valence-electron chi connectivity index (χ2n) is 10.1. The molecule has 2 aromatic rings. The molecule has 0 fully saturated rings. The lowest BCUT2D eigenvalue weighted by Gasteiger charge is -2.09. The highest BCUT2D eigenvalue weighted by Crippen LogP contribution is 2.17. The molecule has 2 rings (SSSR count). The van der Waals surface area contributed by atoms with Crippen LogP contribution in [0.5, 0.6) is 0 Å². The third-order valence-corrected chi connectivity index (χ3v) is 7.16. The van der Waals surface area contributed by atoms with E-state index in [9.17, 15) is 14.5 Å². The number of aromatic nitrogens is 4. The van der Waals surface area contributed by atoms with Crippen molar-refractivity contribution >= 4 is 11.2 Å². The van der Waals surface area contributed by atoms with Crippen molar-refractivity contribution in [3.05, 3.63) is 32.1 Å². The van der Waals surface area contributed by atoms with Crippen LogP contribution in [0.1, 0.15) is 116 Å². The first-order chi connectivity index (χ1) is 17.0. The molecule has 0 aliphatic carbocycles. The number of aryl methyl sites for hydroxylation is 2. The number of hydrogen-bond donors (Lipinski definition) is 0. The van der Waals surface area contributed by atoms with E-state index < -0.39 is 0 Å². The zero-order chi connectivity index (χ0) is 25.5. The molecule has 0 saturated heterocycles. The van der Waals surface area contributed by atoms with Crippen LogP contribution in [0, 0.1) is 4.91 Å². The van der Waals surface area contributed by atoms with Gasteiger partial charge in [-0.25, -0.2) is 9.78 Å². The van der Waals surface area contributed by atoms with Gasteiger partial charge < -0.3 is 4.57 Å². The summed E-state index contributed by atoms with van der Waals surface area (Å²) < 4.78 is 4.46. The number of hydrogen-bond acceptors (Lipinski definition) is 5. The molecule has 0 N–H and O–H groups in total. The maximum absolute atomic E-state index is 12.7. The van der Waals surface area contributed by atoms with Crippen molar-refractivity contribution in [1.29, 1.82) is 0 Å². The minimum absolute atomic E-state index is 0.00668. The molecule has 1 unspecified atom stereocenters. The molecule has 0 spiro atoms. The lowest BCUT2D eigenvalue weighted by atomic mass is 10.0. The standard InChI is InChI=1S/C27H47N5O3/c1-4-5-6-7-8-10-13-16-19-23(29-35)20-17-14-11-9-12-15-18-21-32-26(33)24-25(28-22-30(24)2)31(3)27(32)34/h22-23H,4-21H2,1-3H3. The zero-order valence-electron chi connectivity index (χ0n) is 22.3. The second-order valence-corrected chi connectivity index (χ2v) is 10.1. The first-order valence-electron chi connectivity index (χ1n) is 13.9. The van der Waals surface area contributed by atoms with Crippen LogP contribution in [-0.4, -0.2) is 24.7 Å². The van der Waals surface area contributed by atoms with E-state index >= 15 is 0 Å². The number of nitrogens with zero attached hydrogens (tertiary/aromatic N) is 5. The molecule has 1 atom stereocenters. The fourth-order valence-corrected chi connectivity index (χ4v) is 4.89. The van der Waals surface area contributed by atoms with E-state index in [1.165, 1.54) is 54.1 Å².